The van der Waals surface area contributed by atoms with Crippen LogP contribution in [0.4, 0.5) is 13.2 Å². The van der Waals surface area contributed by atoms with Crippen LogP contribution in [0.5, 0.6) is 0 Å². The smallest absolute Gasteiger partial charge is 0.416 e. The Bertz CT molecular complexity index is 930. The monoisotopic (exact) mass is 373 g/mol. The van der Waals surface area contributed by atoms with Gasteiger partial charge in [-0.05, 0) is 11.6 Å². The minimum Gasteiger partial charge on any atom is -0.445 e. The van der Waals surface area contributed by atoms with E-state index in [9.17, 15) is 18.0 Å². The summed E-state index contributed by atoms with van der Waals surface area (Å²) in [7, 11) is 0. The highest BCUT2D eigenvalue weighted by atomic mass is 19.4. The molecule has 1 aromatic heterocycles. The highest BCUT2D eigenvalue weighted by Crippen LogP contribution is 2.30. The van der Waals surface area contributed by atoms with Crippen molar-refractivity contribution in [3.63, 3.8) is 0 Å². The van der Waals surface area contributed by atoms with Gasteiger partial charge < -0.3 is 4.42 Å². The second-order valence-electron chi connectivity index (χ2n) is 6.19. The highest BCUT2D eigenvalue weighted by Gasteiger charge is 2.30. The molecule has 0 bridgehead atoms. The number of rotatable bonds is 6. The Labute approximate surface area is 154 Å². The number of carbonyl (C=O) groups is 1. The molecule has 0 saturated heterocycles. The lowest BCUT2D eigenvalue weighted by molar-refractivity contribution is -0.137. The van der Waals surface area contributed by atoms with Crippen LogP contribution >= 0.6 is 0 Å². The van der Waals surface area contributed by atoms with Crippen LogP contribution in [0.25, 0.3) is 11.3 Å². The van der Waals surface area contributed by atoms with Gasteiger partial charge in [0.05, 0.1) is 12.0 Å². The first-order chi connectivity index (χ1) is 12.9. The average Bonchev–Trinajstić information content (AvgIpc) is 3.04. The highest BCUT2D eigenvalue weighted by molar-refractivity contribution is 5.82. The zero-order valence-electron chi connectivity index (χ0n) is 14.7. The molecule has 0 spiro atoms. The van der Waals surface area contributed by atoms with Gasteiger partial charge in [0, 0.05) is 18.4 Å². The van der Waals surface area contributed by atoms with Crippen LogP contribution in [0, 0.1) is 0 Å². The number of Topliss-reactive ketones (excluding diaryl/α,β-unsaturated/α-hetero) is 1. The van der Waals surface area contributed by atoms with Crippen LogP contribution in [0.2, 0.25) is 0 Å². The number of oxazole rings is 1. The molecule has 0 aliphatic rings. The van der Waals surface area contributed by atoms with E-state index in [-0.39, 0.29) is 24.5 Å². The van der Waals surface area contributed by atoms with Gasteiger partial charge in [-0.3, -0.25) is 4.79 Å². The van der Waals surface area contributed by atoms with E-state index < -0.39 is 11.7 Å². The minimum atomic E-state index is -4.43. The summed E-state index contributed by atoms with van der Waals surface area (Å²) in [4.78, 5) is 16.7. The van der Waals surface area contributed by atoms with E-state index in [1.807, 2.05) is 37.3 Å². The van der Waals surface area contributed by atoms with Crippen molar-refractivity contribution >= 4 is 5.78 Å². The number of hydrogen-bond donors (Lipinski definition) is 0. The van der Waals surface area contributed by atoms with E-state index >= 15 is 0 Å². The van der Waals surface area contributed by atoms with E-state index in [0.717, 1.165) is 17.7 Å². The molecule has 1 heterocycles. The maximum atomic E-state index is 12.8. The molecule has 0 atom stereocenters. The Kier molecular flexibility index (Phi) is 5.44. The number of nitrogens with zero attached hydrogens (tertiary/aromatic N) is 1. The SMILES string of the molecule is CCc1oc(CC(=O)Cc2cccc(C(F)(F)F)c2)nc1-c1ccccc1. The first-order valence-corrected chi connectivity index (χ1v) is 8.58. The number of carbonyl (C=O) groups excluding carboxylic acids is 1. The standard InChI is InChI=1S/C21H18F3NO2/c1-2-18-20(15-8-4-3-5-9-15)25-19(27-18)13-17(26)12-14-7-6-10-16(11-14)21(22,23)24/h3-11H,2,12-13H2,1H3. The first kappa shape index (κ1) is 18.9. The summed E-state index contributed by atoms with van der Waals surface area (Å²) >= 11 is 0. The second-order valence-corrected chi connectivity index (χ2v) is 6.19. The van der Waals surface area contributed by atoms with Gasteiger partial charge in [-0.15, -0.1) is 0 Å². The number of benzene rings is 2. The lowest BCUT2D eigenvalue weighted by atomic mass is 10.0. The third-order valence-electron chi connectivity index (χ3n) is 4.11. The van der Waals surface area contributed by atoms with Crippen molar-refractivity contribution in [2.45, 2.75) is 32.4 Å². The van der Waals surface area contributed by atoms with Gasteiger partial charge in [-0.1, -0.05) is 55.5 Å². The number of halogens is 3. The van der Waals surface area contributed by atoms with Crippen molar-refractivity contribution in [1.29, 1.82) is 0 Å². The number of aromatic nitrogens is 1. The molecule has 0 N–H and O–H groups in total. The number of alkyl halides is 3. The molecule has 0 amide bonds. The quantitative estimate of drug-likeness (QED) is 0.591. The Morgan fingerprint density at radius 3 is 2.44 bits per heavy atom. The van der Waals surface area contributed by atoms with Crippen LogP contribution in [0.1, 0.15) is 29.7 Å². The topological polar surface area (TPSA) is 43.1 Å². The number of ketones is 1. The molecule has 0 radical (unpaired) electrons. The molecule has 0 aliphatic heterocycles. The minimum absolute atomic E-state index is 0.0594. The van der Waals surface area contributed by atoms with Gasteiger partial charge in [-0.2, -0.15) is 13.2 Å². The Morgan fingerprint density at radius 1 is 1.04 bits per heavy atom. The first-order valence-electron chi connectivity index (χ1n) is 8.58. The van der Waals surface area contributed by atoms with Crippen molar-refractivity contribution in [1.82, 2.24) is 4.98 Å². The van der Waals surface area contributed by atoms with E-state index in [1.165, 1.54) is 12.1 Å². The summed E-state index contributed by atoms with van der Waals surface area (Å²) in [5.74, 6) is 0.712. The normalized spacial score (nSPS) is 11.6. The summed E-state index contributed by atoms with van der Waals surface area (Å²) in [5.41, 5.74) is 1.15. The Balaban J connectivity index is 1.74. The largest absolute Gasteiger partial charge is 0.445 e. The molecule has 6 heteroatoms. The van der Waals surface area contributed by atoms with Gasteiger partial charge in [-0.25, -0.2) is 4.98 Å². The predicted octanol–water partition coefficient (Wildman–Crippen LogP) is 5.28. The van der Waals surface area contributed by atoms with Gasteiger partial charge >= 0.3 is 6.18 Å². The molecule has 3 nitrogen and oxygen atoms in total. The number of hydrogen-bond acceptors (Lipinski definition) is 3. The maximum Gasteiger partial charge on any atom is 0.416 e. The van der Waals surface area contributed by atoms with E-state index in [0.29, 0.717) is 23.4 Å². The third-order valence-corrected chi connectivity index (χ3v) is 4.11. The van der Waals surface area contributed by atoms with Crippen LogP contribution < -0.4 is 0 Å². The van der Waals surface area contributed by atoms with E-state index in [2.05, 4.69) is 4.98 Å². The zero-order valence-corrected chi connectivity index (χ0v) is 14.7. The average molecular weight is 373 g/mol. The van der Waals surface area contributed by atoms with E-state index in [4.69, 9.17) is 4.42 Å². The molecule has 3 rings (SSSR count). The van der Waals surface area contributed by atoms with Gasteiger partial charge in [0.1, 0.15) is 17.2 Å². The summed E-state index contributed by atoms with van der Waals surface area (Å²) in [5, 5.41) is 0. The number of aryl methyl sites for hydroxylation is 1. The third kappa shape index (κ3) is 4.64. The molecule has 140 valence electrons. The molecule has 0 saturated carbocycles. The molecule has 0 fully saturated rings. The lowest BCUT2D eigenvalue weighted by Crippen LogP contribution is -2.09. The van der Waals surface area contributed by atoms with Crippen molar-refractivity contribution in [2.75, 3.05) is 0 Å². The summed E-state index contributed by atoms with van der Waals surface area (Å²) in [6, 6.07) is 14.3. The molecule has 27 heavy (non-hydrogen) atoms. The Morgan fingerprint density at radius 2 is 1.78 bits per heavy atom. The molecular formula is C21H18F3NO2. The van der Waals surface area contributed by atoms with Gasteiger partial charge in [0.2, 0.25) is 5.89 Å². The van der Waals surface area contributed by atoms with Crippen molar-refractivity contribution in [3.05, 3.63) is 77.4 Å². The molecule has 0 unspecified atom stereocenters. The van der Waals surface area contributed by atoms with Crippen molar-refractivity contribution < 1.29 is 22.4 Å². The van der Waals surface area contributed by atoms with Crippen LogP contribution in [0.15, 0.2) is 59.0 Å². The van der Waals surface area contributed by atoms with Crippen molar-refractivity contribution in [3.8, 4) is 11.3 Å². The predicted molar refractivity (Wildman–Crippen MR) is 95.2 cm³/mol. The molecular weight excluding hydrogens is 355 g/mol. The van der Waals surface area contributed by atoms with Crippen LogP contribution in [0.3, 0.4) is 0 Å². The van der Waals surface area contributed by atoms with Crippen LogP contribution in [-0.2, 0) is 30.2 Å². The lowest BCUT2D eigenvalue weighted by Gasteiger charge is -2.08. The molecule has 3 aromatic rings. The van der Waals surface area contributed by atoms with E-state index in [1.54, 1.807) is 0 Å². The zero-order chi connectivity index (χ0) is 19.4. The van der Waals surface area contributed by atoms with Gasteiger partial charge in [0.25, 0.3) is 0 Å². The fourth-order valence-corrected chi connectivity index (χ4v) is 2.85. The summed E-state index contributed by atoms with van der Waals surface area (Å²) < 4.78 is 44.1. The van der Waals surface area contributed by atoms with Crippen LogP contribution in [-0.4, -0.2) is 10.8 Å². The summed E-state index contributed by atoms with van der Waals surface area (Å²) in [6.45, 7) is 1.93. The molecule has 2 aromatic carbocycles. The second kappa shape index (κ2) is 7.78. The van der Waals surface area contributed by atoms with Crippen molar-refractivity contribution in [2.24, 2.45) is 0 Å². The summed E-state index contributed by atoms with van der Waals surface area (Å²) in [6.07, 6.45) is -3.97. The fourth-order valence-electron chi connectivity index (χ4n) is 2.85. The fraction of sp³-hybridized carbons (Fsp3) is 0.238. The van der Waals surface area contributed by atoms with Gasteiger partial charge in [0.15, 0.2) is 0 Å². The maximum absolute atomic E-state index is 12.8. The molecule has 0 aliphatic carbocycles. The Hall–Kier alpha value is -2.89.